The second kappa shape index (κ2) is 8.67. The van der Waals surface area contributed by atoms with Crippen molar-refractivity contribution in [3.8, 4) is 0 Å². The molecule has 0 aliphatic rings. The van der Waals surface area contributed by atoms with Crippen molar-refractivity contribution in [2.45, 2.75) is 12.8 Å². The van der Waals surface area contributed by atoms with Gasteiger partial charge in [0.25, 0.3) is 0 Å². The number of hydrogen-bond donors (Lipinski definition) is 3. The summed E-state index contributed by atoms with van der Waals surface area (Å²) in [6.07, 6.45) is 0.724. The van der Waals surface area contributed by atoms with Crippen molar-refractivity contribution >= 4 is 17.6 Å². The van der Waals surface area contributed by atoms with Crippen LogP contribution in [0.4, 0.5) is 14.9 Å². The maximum Gasteiger partial charge on any atom is 0.319 e. The van der Waals surface area contributed by atoms with Crippen molar-refractivity contribution in [1.82, 2.24) is 10.6 Å². The zero-order chi connectivity index (χ0) is 17.4. The molecule has 6 heteroatoms. The Morgan fingerprint density at radius 3 is 2.62 bits per heavy atom. The molecule has 0 fully saturated rings. The highest BCUT2D eigenvalue weighted by molar-refractivity contribution is 5.91. The van der Waals surface area contributed by atoms with E-state index in [0.29, 0.717) is 18.7 Å². The number of likely N-dealkylation sites (N-methyl/N-ethyl adjacent to an activating group) is 1. The van der Waals surface area contributed by atoms with E-state index in [9.17, 15) is 14.0 Å². The van der Waals surface area contributed by atoms with E-state index in [2.05, 4.69) is 16.0 Å². The lowest BCUT2D eigenvalue weighted by atomic mass is 10.1. The summed E-state index contributed by atoms with van der Waals surface area (Å²) in [6, 6.07) is 13.0. The number of urea groups is 1. The lowest BCUT2D eigenvalue weighted by Crippen LogP contribution is -2.31. The minimum Gasteiger partial charge on any atom is -0.359 e. The molecule has 0 saturated heterocycles. The van der Waals surface area contributed by atoms with Gasteiger partial charge in [-0.3, -0.25) is 4.79 Å². The van der Waals surface area contributed by atoms with Gasteiger partial charge in [-0.15, -0.1) is 0 Å². The van der Waals surface area contributed by atoms with E-state index >= 15 is 0 Å². The Morgan fingerprint density at radius 2 is 1.88 bits per heavy atom. The SMILES string of the molecule is CNC(=O)Cc1ccccc1NC(=O)NCCc1cccc(F)c1. The van der Waals surface area contributed by atoms with Gasteiger partial charge in [0.1, 0.15) is 5.82 Å². The molecular formula is C18H20FN3O2. The topological polar surface area (TPSA) is 70.2 Å². The standard InChI is InChI=1S/C18H20FN3O2/c1-20-17(23)12-14-6-2-3-8-16(14)22-18(24)21-10-9-13-5-4-7-15(19)11-13/h2-8,11H,9-10,12H2,1H3,(H,20,23)(H2,21,22,24). The molecule has 0 spiro atoms. The van der Waals surface area contributed by atoms with E-state index in [4.69, 9.17) is 0 Å². The van der Waals surface area contributed by atoms with Crippen LogP contribution in [0.2, 0.25) is 0 Å². The number of hydrogen-bond acceptors (Lipinski definition) is 2. The fraction of sp³-hybridized carbons (Fsp3) is 0.222. The minimum atomic E-state index is -0.365. The second-order valence-electron chi connectivity index (χ2n) is 5.27. The number of anilines is 1. The fourth-order valence-corrected chi connectivity index (χ4v) is 2.24. The van der Waals surface area contributed by atoms with Crippen molar-refractivity contribution < 1.29 is 14.0 Å². The number of carbonyl (C=O) groups excluding carboxylic acids is 2. The molecule has 3 N–H and O–H groups in total. The first-order valence-electron chi connectivity index (χ1n) is 7.66. The normalized spacial score (nSPS) is 10.1. The second-order valence-corrected chi connectivity index (χ2v) is 5.27. The van der Waals surface area contributed by atoms with Crippen LogP contribution >= 0.6 is 0 Å². The Balaban J connectivity index is 1.87. The van der Waals surface area contributed by atoms with E-state index in [-0.39, 0.29) is 24.2 Å². The highest BCUT2D eigenvalue weighted by Gasteiger charge is 2.09. The number of carbonyl (C=O) groups is 2. The van der Waals surface area contributed by atoms with E-state index in [1.54, 1.807) is 37.4 Å². The van der Waals surface area contributed by atoms with Crippen LogP contribution in [0.1, 0.15) is 11.1 Å². The van der Waals surface area contributed by atoms with Gasteiger partial charge in [0, 0.05) is 19.3 Å². The van der Waals surface area contributed by atoms with Crippen LogP contribution in [0.15, 0.2) is 48.5 Å². The quantitative estimate of drug-likeness (QED) is 0.762. The Kier molecular flexibility index (Phi) is 6.31. The maximum absolute atomic E-state index is 13.1. The number of nitrogens with one attached hydrogen (secondary N) is 3. The first-order valence-corrected chi connectivity index (χ1v) is 7.66. The molecule has 24 heavy (non-hydrogen) atoms. The van der Waals surface area contributed by atoms with Crippen LogP contribution in [-0.4, -0.2) is 25.5 Å². The molecule has 0 aliphatic heterocycles. The van der Waals surface area contributed by atoms with Crippen LogP contribution in [0.3, 0.4) is 0 Å². The van der Waals surface area contributed by atoms with Gasteiger partial charge in [0.2, 0.25) is 5.91 Å². The average molecular weight is 329 g/mol. The van der Waals surface area contributed by atoms with E-state index < -0.39 is 0 Å². The summed E-state index contributed by atoms with van der Waals surface area (Å²) < 4.78 is 13.1. The van der Waals surface area contributed by atoms with Crippen LogP contribution in [0.5, 0.6) is 0 Å². The van der Waals surface area contributed by atoms with Crippen molar-refractivity contribution in [1.29, 1.82) is 0 Å². The molecule has 0 unspecified atom stereocenters. The summed E-state index contributed by atoms with van der Waals surface area (Å²) in [4.78, 5) is 23.5. The lowest BCUT2D eigenvalue weighted by molar-refractivity contribution is -0.119. The number of para-hydroxylation sites is 1. The predicted molar refractivity (Wildman–Crippen MR) is 91.3 cm³/mol. The molecule has 2 aromatic rings. The zero-order valence-electron chi connectivity index (χ0n) is 13.4. The Hall–Kier alpha value is -2.89. The smallest absolute Gasteiger partial charge is 0.319 e. The molecule has 126 valence electrons. The van der Waals surface area contributed by atoms with E-state index in [0.717, 1.165) is 11.1 Å². The zero-order valence-corrected chi connectivity index (χ0v) is 13.4. The Morgan fingerprint density at radius 1 is 1.08 bits per heavy atom. The number of amides is 3. The molecule has 0 saturated carbocycles. The fourth-order valence-electron chi connectivity index (χ4n) is 2.24. The first-order chi connectivity index (χ1) is 11.6. The van der Waals surface area contributed by atoms with Crippen LogP contribution in [0.25, 0.3) is 0 Å². The molecule has 2 aromatic carbocycles. The molecule has 0 bridgehead atoms. The third-order valence-corrected chi connectivity index (χ3v) is 3.48. The summed E-state index contributed by atoms with van der Waals surface area (Å²) in [5, 5.41) is 8.01. The third kappa shape index (κ3) is 5.39. The van der Waals surface area contributed by atoms with Gasteiger partial charge in [0.05, 0.1) is 6.42 Å². The highest BCUT2D eigenvalue weighted by Crippen LogP contribution is 2.15. The van der Waals surface area contributed by atoms with Crippen LogP contribution in [-0.2, 0) is 17.6 Å². The Labute approximate surface area is 140 Å². The molecular weight excluding hydrogens is 309 g/mol. The highest BCUT2D eigenvalue weighted by atomic mass is 19.1. The summed E-state index contributed by atoms with van der Waals surface area (Å²) in [5.41, 5.74) is 2.14. The molecule has 0 radical (unpaired) electrons. The van der Waals surface area contributed by atoms with Gasteiger partial charge in [-0.25, -0.2) is 9.18 Å². The molecule has 3 amide bonds. The number of benzene rings is 2. The van der Waals surface area contributed by atoms with Crippen molar-refractivity contribution in [3.63, 3.8) is 0 Å². The number of halogens is 1. The molecule has 5 nitrogen and oxygen atoms in total. The van der Waals surface area contributed by atoms with Crippen molar-refractivity contribution in [3.05, 3.63) is 65.5 Å². The van der Waals surface area contributed by atoms with Gasteiger partial charge < -0.3 is 16.0 Å². The minimum absolute atomic E-state index is 0.129. The summed E-state index contributed by atoms with van der Waals surface area (Å²) in [6.45, 7) is 0.382. The van der Waals surface area contributed by atoms with E-state index in [1.165, 1.54) is 12.1 Å². The van der Waals surface area contributed by atoms with Gasteiger partial charge in [-0.05, 0) is 35.7 Å². The lowest BCUT2D eigenvalue weighted by Gasteiger charge is -2.11. The third-order valence-electron chi connectivity index (χ3n) is 3.48. The largest absolute Gasteiger partial charge is 0.359 e. The summed E-state index contributed by atoms with van der Waals surface area (Å²) >= 11 is 0. The molecule has 0 atom stereocenters. The average Bonchev–Trinajstić information content (AvgIpc) is 2.56. The number of rotatable bonds is 6. The molecule has 2 rings (SSSR count). The Bertz CT molecular complexity index is 719. The van der Waals surface area contributed by atoms with Crippen LogP contribution in [0, 0.1) is 5.82 Å². The van der Waals surface area contributed by atoms with Gasteiger partial charge in [-0.1, -0.05) is 30.3 Å². The summed E-state index contributed by atoms with van der Waals surface area (Å²) in [7, 11) is 1.57. The first kappa shape index (κ1) is 17.5. The molecule has 0 heterocycles. The molecule has 0 aromatic heterocycles. The molecule has 0 aliphatic carbocycles. The maximum atomic E-state index is 13.1. The van der Waals surface area contributed by atoms with Crippen LogP contribution < -0.4 is 16.0 Å². The van der Waals surface area contributed by atoms with Gasteiger partial charge >= 0.3 is 6.03 Å². The van der Waals surface area contributed by atoms with Gasteiger partial charge in [0.15, 0.2) is 0 Å². The predicted octanol–water partition coefficient (Wildman–Crippen LogP) is 2.48. The van der Waals surface area contributed by atoms with Crippen molar-refractivity contribution in [2.75, 3.05) is 18.9 Å². The van der Waals surface area contributed by atoms with E-state index in [1.807, 2.05) is 6.07 Å². The monoisotopic (exact) mass is 329 g/mol. The van der Waals surface area contributed by atoms with Gasteiger partial charge in [-0.2, -0.15) is 0 Å². The summed E-state index contributed by atoms with van der Waals surface area (Å²) in [5.74, 6) is -0.421. The van der Waals surface area contributed by atoms with Crippen molar-refractivity contribution in [2.24, 2.45) is 0 Å².